The molecule has 0 aliphatic rings. The molecule has 0 bridgehead atoms. The summed E-state index contributed by atoms with van der Waals surface area (Å²) < 4.78 is 0. The van der Waals surface area contributed by atoms with E-state index in [-0.39, 0.29) is 0 Å². The number of hydrogen-bond donors (Lipinski definition) is 0. The Hall–Kier alpha value is -7.44. The molecule has 0 amide bonds. The van der Waals surface area contributed by atoms with Gasteiger partial charge in [0.2, 0.25) is 0 Å². The van der Waals surface area contributed by atoms with E-state index < -0.39 is 0 Å². The molecule has 0 N–H and O–H groups in total. The first-order chi connectivity index (χ1) is 26.7. The summed E-state index contributed by atoms with van der Waals surface area (Å²) in [6.45, 7) is 0. The second kappa shape index (κ2) is 14.7. The third-order valence-electron chi connectivity index (χ3n) is 9.24. The third-order valence-corrected chi connectivity index (χ3v) is 9.24. The van der Waals surface area contributed by atoms with Crippen LogP contribution < -0.4 is 0 Å². The van der Waals surface area contributed by atoms with E-state index in [0.717, 1.165) is 90.3 Å². The molecule has 3 aromatic carbocycles. The van der Waals surface area contributed by atoms with Gasteiger partial charge in [-0.2, -0.15) is 0 Å². The zero-order valence-electron chi connectivity index (χ0n) is 29.2. The number of aromatic nitrogens is 6. The Kier molecular flexibility index (Phi) is 8.81. The molecule has 0 saturated heterocycles. The molecule has 0 atom stereocenters. The molecule has 6 heterocycles. The summed E-state index contributed by atoms with van der Waals surface area (Å²) in [6.07, 6.45) is 3.56. The summed E-state index contributed by atoms with van der Waals surface area (Å²) >= 11 is 0. The molecule has 6 aromatic heterocycles. The minimum absolute atomic E-state index is 0.802. The molecule has 9 aromatic rings. The van der Waals surface area contributed by atoms with Crippen LogP contribution >= 0.6 is 0 Å². The highest BCUT2D eigenvalue weighted by Gasteiger charge is 2.13. The number of rotatable bonds is 8. The van der Waals surface area contributed by atoms with Gasteiger partial charge < -0.3 is 0 Å². The first-order valence-electron chi connectivity index (χ1n) is 17.8. The molecule has 254 valence electrons. The van der Waals surface area contributed by atoms with Crippen LogP contribution in [0.15, 0.2) is 194 Å². The molecule has 0 radical (unpaired) electrons. The zero-order chi connectivity index (χ0) is 36.1. The molecule has 0 aliphatic heterocycles. The van der Waals surface area contributed by atoms with Crippen LogP contribution in [0.3, 0.4) is 0 Å². The van der Waals surface area contributed by atoms with Crippen LogP contribution in [0.5, 0.6) is 0 Å². The van der Waals surface area contributed by atoms with Gasteiger partial charge in [0.15, 0.2) is 0 Å². The van der Waals surface area contributed by atoms with Gasteiger partial charge in [0.25, 0.3) is 0 Å². The van der Waals surface area contributed by atoms with Crippen molar-refractivity contribution in [2.45, 2.75) is 0 Å². The van der Waals surface area contributed by atoms with Crippen molar-refractivity contribution in [3.63, 3.8) is 0 Å². The van der Waals surface area contributed by atoms with Crippen molar-refractivity contribution in [1.82, 2.24) is 29.9 Å². The Labute approximate surface area is 313 Å². The predicted octanol–water partition coefficient (Wildman–Crippen LogP) is 11.4. The van der Waals surface area contributed by atoms with Crippen molar-refractivity contribution in [2.24, 2.45) is 0 Å². The minimum atomic E-state index is 0.802. The summed E-state index contributed by atoms with van der Waals surface area (Å²) in [4.78, 5) is 28.8. The molecule has 0 unspecified atom stereocenters. The van der Waals surface area contributed by atoms with Gasteiger partial charge in [-0.25, -0.2) is 19.9 Å². The SMILES string of the molecule is c1ccc(-c2cccc(-c3cccc(-c4cccc(-c5ccccc5-c5cccc(-c6cccc(-c7cccc(-c8ccccn8)n7)n6)c5)c4)n3)n2)nc1. The van der Waals surface area contributed by atoms with Crippen LogP contribution in [0, 0.1) is 0 Å². The monoisotopic (exact) mass is 692 g/mol. The van der Waals surface area contributed by atoms with E-state index in [0.29, 0.717) is 0 Å². The fourth-order valence-electron chi connectivity index (χ4n) is 6.62. The van der Waals surface area contributed by atoms with Crippen molar-refractivity contribution >= 4 is 0 Å². The number of pyridine rings is 6. The van der Waals surface area contributed by atoms with Crippen LogP contribution in [0.4, 0.5) is 0 Å². The maximum absolute atomic E-state index is 5.06. The molecule has 0 saturated carbocycles. The number of nitrogens with zero attached hydrogens (tertiary/aromatic N) is 6. The van der Waals surface area contributed by atoms with Gasteiger partial charge in [-0.05, 0) is 107 Å². The van der Waals surface area contributed by atoms with Crippen LogP contribution in [-0.4, -0.2) is 29.9 Å². The fourth-order valence-corrected chi connectivity index (χ4v) is 6.62. The normalized spacial score (nSPS) is 11.0. The van der Waals surface area contributed by atoms with Gasteiger partial charge in [-0.15, -0.1) is 0 Å². The Morgan fingerprint density at radius 3 is 0.907 bits per heavy atom. The molecular weight excluding hydrogens is 661 g/mol. The zero-order valence-corrected chi connectivity index (χ0v) is 29.2. The summed E-state index contributed by atoms with van der Waals surface area (Å²) in [5.74, 6) is 0. The Bertz CT molecular complexity index is 2540. The molecule has 0 aliphatic carbocycles. The molecular formula is C48H32N6. The smallest absolute Gasteiger partial charge is 0.0894 e. The van der Waals surface area contributed by atoms with Crippen molar-refractivity contribution in [3.05, 3.63) is 194 Å². The summed E-state index contributed by atoms with van der Waals surface area (Å²) in [5.41, 5.74) is 14.8. The summed E-state index contributed by atoms with van der Waals surface area (Å²) in [7, 11) is 0. The van der Waals surface area contributed by atoms with Crippen molar-refractivity contribution in [3.8, 4) is 90.3 Å². The van der Waals surface area contributed by atoms with Gasteiger partial charge in [-0.3, -0.25) is 9.97 Å². The maximum Gasteiger partial charge on any atom is 0.0894 e. The fraction of sp³-hybridized carbons (Fsp3) is 0. The Morgan fingerprint density at radius 1 is 0.222 bits per heavy atom. The lowest BCUT2D eigenvalue weighted by Gasteiger charge is -2.13. The Morgan fingerprint density at radius 2 is 0.519 bits per heavy atom. The van der Waals surface area contributed by atoms with Gasteiger partial charge in [0.05, 0.1) is 56.9 Å². The lowest BCUT2D eigenvalue weighted by atomic mass is 9.92. The average Bonchev–Trinajstić information content (AvgIpc) is 3.27. The number of benzene rings is 3. The van der Waals surface area contributed by atoms with Crippen LogP contribution in [0.2, 0.25) is 0 Å². The largest absolute Gasteiger partial charge is 0.255 e. The second-order valence-corrected chi connectivity index (χ2v) is 12.8. The van der Waals surface area contributed by atoms with Crippen molar-refractivity contribution in [2.75, 3.05) is 0 Å². The third kappa shape index (κ3) is 6.79. The quantitative estimate of drug-likeness (QED) is 0.158. The highest BCUT2D eigenvalue weighted by Crippen LogP contribution is 2.36. The lowest BCUT2D eigenvalue weighted by molar-refractivity contribution is 1.22. The van der Waals surface area contributed by atoms with E-state index in [1.165, 1.54) is 0 Å². The topological polar surface area (TPSA) is 77.3 Å². The van der Waals surface area contributed by atoms with E-state index in [1.54, 1.807) is 12.4 Å². The van der Waals surface area contributed by atoms with E-state index in [9.17, 15) is 0 Å². The molecule has 54 heavy (non-hydrogen) atoms. The number of hydrogen-bond acceptors (Lipinski definition) is 6. The van der Waals surface area contributed by atoms with Gasteiger partial charge in [0, 0.05) is 23.5 Å². The molecule has 0 fully saturated rings. The minimum Gasteiger partial charge on any atom is -0.255 e. The first kappa shape index (κ1) is 32.5. The second-order valence-electron chi connectivity index (χ2n) is 12.8. The van der Waals surface area contributed by atoms with E-state index in [4.69, 9.17) is 19.9 Å². The van der Waals surface area contributed by atoms with E-state index in [2.05, 4.69) is 82.8 Å². The molecule has 9 rings (SSSR count). The average molecular weight is 693 g/mol. The van der Waals surface area contributed by atoms with Crippen LogP contribution in [0.1, 0.15) is 0 Å². The molecule has 6 heteroatoms. The molecule has 0 spiro atoms. The van der Waals surface area contributed by atoms with Gasteiger partial charge >= 0.3 is 0 Å². The highest BCUT2D eigenvalue weighted by molar-refractivity contribution is 5.86. The maximum atomic E-state index is 5.06. The van der Waals surface area contributed by atoms with Crippen LogP contribution in [0.25, 0.3) is 90.3 Å². The first-order valence-corrected chi connectivity index (χ1v) is 17.8. The highest BCUT2D eigenvalue weighted by atomic mass is 14.8. The summed E-state index contributed by atoms with van der Waals surface area (Å²) in [5, 5.41) is 0. The van der Waals surface area contributed by atoms with Crippen molar-refractivity contribution < 1.29 is 0 Å². The van der Waals surface area contributed by atoms with Gasteiger partial charge in [0.1, 0.15) is 0 Å². The van der Waals surface area contributed by atoms with Gasteiger partial charge in [-0.1, -0.05) is 97.1 Å². The standard InChI is InChI=1S/C48H32N6/c1-2-18-38(34-14-8-16-36(32-34)40-22-10-26-46(52-40)48-28-12-24-44(54-48)42-20-4-6-30-50-42)37(17-1)33-13-7-15-35(31-33)39-21-9-25-45(51-39)47-27-11-23-43(53-47)41-19-3-5-29-49-41/h1-32H. The molecule has 6 nitrogen and oxygen atoms in total. The summed E-state index contributed by atoms with van der Waals surface area (Å²) in [6, 6.07) is 61.5. The van der Waals surface area contributed by atoms with Crippen LogP contribution in [-0.2, 0) is 0 Å². The van der Waals surface area contributed by atoms with Crippen molar-refractivity contribution in [1.29, 1.82) is 0 Å². The van der Waals surface area contributed by atoms with E-state index >= 15 is 0 Å². The predicted molar refractivity (Wildman–Crippen MR) is 217 cm³/mol. The Balaban J connectivity index is 1.02. The lowest BCUT2D eigenvalue weighted by Crippen LogP contribution is -1.93. The van der Waals surface area contributed by atoms with E-state index in [1.807, 2.05) is 109 Å².